The van der Waals surface area contributed by atoms with E-state index in [-0.39, 0.29) is 0 Å². The van der Waals surface area contributed by atoms with E-state index in [1.165, 1.54) is 36.7 Å². The predicted molar refractivity (Wildman–Crippen MR) is 67.8 cm³/mol. The molecule has 1 aromatic rings. The molecule has 0 spiro atoms. The van der Waals surface area contributed by atoms with Crippen molar-refractivity contribution in [3.63, 3.8) is 0 Å². The Morgan fingerprint density at radius 2 is 2.06 bits per heavy atom. The summed E-state index contributed by atoms with van der Waals surface area (Å²) in [6.07, 6.45) is -0.733. The average molecular weight is 275 g/mol. The molecule has 1 aromatic carbocycles. The van der Waals surface area contributed by atoms with Crippen LogP contribution in [0.25, 0.3) is 0 Å². The van der Waals surface area contributed by atoms with E-state index in [0.29, 0.717) is 10.9 Å². The Balaban J connectivity index is 1.74. The van der Waals surface area contributed by atoms with Crippen molar-refractivity contribution in [3.05, 3.63) is 29.8 Å². The van der Waals surface area contributed by atoms with Gasteiger partial charge in [0.25, 0.3) is 0 Å². The van der Waals surface area contributed by atoms with Gasteiger partial charge in [0.2, 0.25) is 0 Å². The zero-order valence-corrected chi connectivity index (χ0v) is 10.8. The highest BCUT2D eigenvalue weighted by Crippen LogP contribution is 2.31. The minimum atomic E-state index is -4.25. The van der Waals surface area contributed by atoms with Crippen LogP contribution in [0.1, 0.15) is 24.8 Å². The molecule has 0 aliphatic heterocycles. The lowest BCUT2D eigenvalue weighted by molar-refractivity contribution is -0.137. The lowest BCUT2D eigenvalue weighted by atomic mass is 10.2. The highest BCUT2D eigenvalue weighted by atomic mass is 32.2. The normalized spacial score (nSPS) is 15.9. The summed E-state index contributed by atoms with van der Waals surface area (Å²) in [6, 6.07) is 6.23. The second-order valence-corrected chi connectivity index (χ2v) is 5.62. The summed E-state index contributed by atoms with van der Waals surface area (Å²) in [6.45, 7) is 0.955. The summed E-state index contributed by atoms with van der Waals surface area (Å²) < 4.78 is 37.5. The fourth-order valence-corrected chi connectivity index (χ4v) is 2.53. The number of nitrogens with one attached hydrogen (secondary N) is 1. The Labute approximate surface area is 109 Å². The Morgan fingerprint density at radius 3 is 2.72 bits per heavy atom. The lowest BCUT2D eigenvalue weighted by Gasteiger charge is -2.08. The quantitative estimate of drug-likeness (QED) is 0.623. The molecule has 1 saturated carbocycles. The number of alkyl halides is 3. The fourth-order valence-electron chi connectivity index (χ4n) is 1.62. The van der Waals surface area contributed by atoms with Crippen LogP contribution in [-0.4, -0.2) is 18.3 Å². The Morgan fingerprint density at radius 1 is 1.28 bits per heavy atom. The molecule has 0 unspecified atom stereocenters. The molecule has 0 atom stereocenters. The maximum Gasteiger partial charge on any atom is 0.416 e. The second-order valence-electron chi connectivity index (χ2n) is 4.46. The molecule has 0 heterocycles. The summed E-state index contributed by atoms with van der Waals surface area (Å²) in [7, 11) is 0. The van der Waals surface area contributed by atoms with Gasteiger partial charge < -0.3 is 5.32 Å². The molecule has 0 bridgehead atoms. The van der Waals surface area contributed by atoms with Crippen molar-refractivity contribution in [2.24, 2.45) is 0 Å². The topological polar surface area (TPSA) is 12.0 Å². The molecule has 1 aliphatic carbocycles. The van der Waals surface area contributed by atoms with Gasteiger partial charge in [-0.3, -0.25) is 0 Å². The SMILES string of the molecule is FC(F)(F)c1cccc(SCCCNC2CC2)c1. The largest absolute Gasteiger partial charge is 0.416 e. The van der Waals surface area contributed by atoms with Crippen molar-refractivity contribution in [3.8, 4) is 0 Å². The van der Waals surface area contributed by atoms with Crippen LogP contribution in [0.2, 0.25) is 0 Å². The smallest absolute Gasteiger partial charge is 0.314 e. The van der Waals surface area contributed by atoms with Gasteiger partial charge >= 0.3 is 6.18 Å². The number of benzene rings is 1. The van der Waals surface area contributed by atoms with Gasteiger partial charge in [0.15, 0.2) is 0 Å². The van der Waals surface area contributed by atoms with Crippen molar-refractivity contribution < 1.29 is 13.2 Å². The zero-order valence-electron chi connectivity index (χ0n) is 9.96. The van der Waals surface area contributed by atoms with Crippen LogP contribution in [-0.2, 0) is 6.18 Å². The van der Waals surface area contributed by atoms with Gasteiger partial charge in [0, 0.05) is 10.9 Å². The first kappa shape index (κ1) is 13.7. The van der Waals surface area contributed by atoms with Gasteiger partial charge in [-0.15, -0.1) is 11.8 Å². The molecule has 1 N–H and O–H groups in total. The third-order valence-electron chi connectivity index (χ3n) is 2.76. The molecule has 0 saturated heterocycles. The second kappa shape index (κ2) is 5.97. The van der Waals surface area contributed by atoms with Crippen LogP contribution in [0.15, 0.2) is 29.2 Å². The molecule has 0 radical (unpaired) electrons. The van der Waals surface area contributed by atoms with Gasteiger partial charge in [-0.05, 0) is 49.8 Å². The van der Waals surface area contributed by atoms with Gasteiger partial charge in [0.1, 0.15) is 0 Å². The zero-order chi connectivity index (χ0) is 13.0. The maximum absolute atomic E-state index is 12.5. The van der Waals surface area contributed by atoms with Crippen LogP contribution >= 0.6 is 11.8 Å². The molecule has 1 fully saturated rings. The van der Waals surface area contributed by atoms with Crippen molar-refractivity contribution >= 4 is 11.8 Å². The van der Waals surface area contributed by atoms with Crippen molar-refractivity contribution in [1.29, 1.82) is 0 Å². The van der Waals surface area contributed by atoms with Crippen molar-refractivity contribution in [2.75, 3.05) is 12.3 Å². The maximum atomic E-state index is 12.5. The van der Waals surface area contributed by atoms with Crippen LogP contribution < -0.4 is 5.32 Å². The molecule has 1 aliphatic rings. The first-order valence-corrected chi connectivity index (χ1v) is 7.08. The highest BCUT2D eigenvalue weighted by molar-refractivity contribution is 7.99. The van der Waals surface area contributed by atoms with Gasteiger partial charge in [0.05, 0.1) is 5.56 Å². The van der Waals surface area contributed by atoms with E-state index in [0.717, 1.165) is 24.8 Å². The Bertz CT molecular complexity index is 388. The van der Waals surface area contributed by atoms with Gasteiger partial charge in [-0.2, -0.15) is 13.2 Å². The molecule has 18 heavy (non-hydrogen) atoms. The molecule has 1 nitrogen and oxygen atoms in total. The monoisotopic (exact) mass is 275 g/mol. The number of hydrogen-bond donors (Lipinski definition) is 1. The standard InChI is InChI=1S/C13H16F3NS/c14-13(15,16)10-3-1-4-12(9-10)18-8-2-7-17-11-5-6-11/h1,3-4,9,11,17H,2,5-8H2. The fraction of sp³-hybridized carbons (Fsp3) is 0.538. The van der Waals surface area contributed by atoms with E-state index >= 15 is 0 Å². The van der Waals surface area contributed by atoms with Crippen molar-refractivity contribution in [2.45, 2.75) is 36.4 Å². The summed E-state index contributed by atoms with van der Waals surface area (Å²) in [4.78, 5) is 0.691. The van der Waals surface area contributed by atoms with E-state index in [2.05, 4.69) is 5.32 Å². The van der Waals surface area contributed by atoms with Gasteiger partial charge in [-0.25, -0.2) is 0 Å². The summed E-state index contributed by atoms with van der Waals surface area (Å²) in [5.41, 5.74) is -0.566. The molecule has 0 aromatic heterocycles. The number of thioether (sulfide) groups is 1. The molecular weight excluding hydrogens is 259 g/mol. The first-order valence-electron chi connectivity index (χ1n) is 6.09. The number of rotatable bonds is 6. The molecular formula is C13H16F3NS. The van der Waals surface area contributed by atoms with Crippen molar-refractivity contribution in [1.82, 2.24) is 5.32 Å². The summed E-state index contributed by atoms with van der Waals surface area (Å²) in [5.74, 6) is 0.848. The minimum absolute atomic E-state index is 0.566. The third kappa shape index (κ3) is 4.53. The van der Waals surface area contributed by atoms with Crippen LogP contribution in [0.5, 0.6) is 0 Å². The van der Waals surface area contributed by atoms with E-state index < -0.39 is 11.7 Å². The van der Waals surface area contributed by atoms with Gasteiger partial charge in [-0.1, -0.05) is 6.07 Å². The van der Waals surface area contributed by atoms with E-state index in [1.54, 1.807) is 6.07 Å². The Hall–Kier alpha value is -0.680. The lowest BCUT2D eigenvalue weighted by Crippen LogP contribution is -2.17. The molecule has 2 rings (SSSR count). The number of halogens is 3. The van der Waals surface area contributed by atoms with E-state index in [4.69, 9.17) is 0 Å². The third-order valence-corrected chi connectivity index (χ3v) is 3.84. The summed E-state index contributed by atoms with van der Waals surface area (Å²) >= 11 is 1.48. The first-order chi connectivity index (χ1) is 8.55. The van der Waals surface area contributed by atoms with E-state index in [9.17, 15) is 13.2 Å². The van der Waals surface area contributed by atoms with Crippen LogP contribution in [0, 0.1) is 0 Å². The molecule has 100 valence electrons. The average Bonchev–Trinajstić information content (AvgIpc) is 3.12. The van der Waals surface area contributed by atoms with Crippen LogP contribution in [0.3, 0.4) is 0 Å². The number of hydrogen-bond acceptors (Lipinski definition) is 2. The van der Waals surface area contributed by atoms with Crippen LogP contribution in [0.4, 0.5) is 13.2 Å². The minimum Gasteiger partial charge on any atom is -0.314 e. The predicted octanol–water partition coefficient (Wildman–Crippen LogP) is 3.94. The molecule has 5 heteroatoms. The summed E-state index contributed by atoms with van der Waals surface area (Å²) in [5, 5.41) is 3.39. The highest BCUT2D eigenvalue weighted by Gasteiger charge is 2.30. The van der Waals surface area contributed by atoms with E-state index in [1.807, 2.05) is 0 Å². The molecule has 0 amide bonds. The Kier molecular flexibility index (Phi) is 4.56.